The number of carbonyl (C=O) groups is 1. The fourth-order valence-corrected chi connectivity index (χ4v) is 5.21. The Morgan fingerprint density at radius 2 is 1.32 bits per heavy atom. The van der Waals surface area contributed by atoms with Gasteiger partial charge in [0.05, 0.1) is 16.9 Å². The fraction of sp³-hybridized carbons (Fsp3) is 0.200. The van der Waals surface area contributed by atoms with Gasteiger partial charge < -0.3 is 0 Å². The number of benzene rings is 3. The van der Waals surface area contributed by atoms with Crippen LogP contribution in [-0.4, -0.2) is 33.6 Å². The summed E-state index contributed by atoms with van der Waals surface area (Å²) in [6.45, 7) is 3.21. The average Bonchev–Trinajstić information content (AvgIpc) is 3.20. The van der Waals surface area contributed by atoms with Gasteiger partial charge in [-0.25, -0.2) is 0 Å². The number of carbonyl (C=O) groups excluding carboxylic acids is 1. The van der Waals surface area contributed by atoms with E-state index in [0.717, 1.165) is 17.0 Å². The zero-order valence-electron chi connectivity index (χ0n) is 19.7. The summed E-state index contributed by atoms with van der Waals surface area (Å²) in [4.78, 5) is 15.5. The molecule has 2 heterocycles. The third kappa shape index (κ3) is 3.91. The summed E-state index contributed by atoms with van der Waals surface area (Å²) < 4.78 is 1.84. The van der Waals surface area contributed by atoms with Crippen molar-refractivity contribution in [3.63, 3.8) is 0 Å². The molecule has 170 valence electrons. The van der Waals surface area contributed by atoms with Crippen LogP contribution in [0.15, 0.2) is 103 Å². The lowest BCUT2D eigenvalue weighted by atomic mass is 9.74. The second kappa shape index (κ2) is 9.24. The maximum absolute atomic E-state index is 13.1. The van der Waals surface area contributed by atoms with Gasteiger partial charge in [-0.3, -0.25) is 14.4 Å². The molecular formula is C30H29N3O. The van der Waals surface area contributed by atoms with Crippen molar-refractivity contribution in [1.82, 2.24) is 14.7 Å². The predicted octanol–water partition coefficient (Wildman–Crippen LogP) is 5.38. The van der Waals surface area contributed by atoms with Crippen LogP contribution in [0.25, 0.3) is 6.08 Å². The first-order valence-electron chi connectivity index (χ1n) is 11.7. The van der Waals surface area contributed by atoms with Gasteiger partial charge in [0.1, 0.15) is 0 Å². The zero-order chi connectivity index (χ0) is 23.5. The van der Waals surface area contributed by atoms with Crippen LogP contribution >= 0.6 is 0 Å². The molecule has 0 unspecified atom stereocenters. The molecule has 34 heavy (non-hydrogen) atoms. The number of piperidine rings is 1. The number of rotatable bonds is 5. The first-order valence-corrected chi connectivity index (χ1v) is 11.7. The zero-order valence-corrected chi connectivity index (χ0v) is 19.7. The van der Waals surface area contributed by atoms with Crippen LogP contribution in [0.3, 0.4) is 0 Å². The Labute approximate surface area is 201 Å². The number of hydrogen-bond acceptors (Lipinski definition) is 3. The summed E-state index contributed by atoms with van der Waals surface area (Å²) in [5.74, 6) is 0.207. The number of hydrogen-bond donors (Lipinski definition) is 0. The van der Waals surface area contributed by atoms with Crippen molar-refractivity contribution < 1.29 is 4.79 Å². The molecule has 1 aliphatic rings. The van der Waals surface area contributed by atoms with Gasteiger partial charge in [0.15, 0.2) is 5.78 Å². The van der Waals surface area contributed by atoms with Crippen molar-refractivity contribution in [2.24, 2.45) is 7.05 Å². The maximum Gasteiger partial charge on any atom is 0.161 e. The minimum absolute atomic E-state index is 0.207. The number of ketones is 1. The van der Waals surface area contributed by atoms with Gasteiger partial charge in [-0.2, -0.15) is 5.10 Å². The molecule has 0 radical (unpaired) electrons. The molecule has 5 rings (SSSR count). The van der Waals surface area contributed by atoms with Crippen molar-refractivity contribution in [3.05, 3.63) is 131 Å². The lowest BCUT2D eigenvalue weighted by Crippen LogP contribution is -2.52. The molecule has 0 saturated carbocycles. The minimum Gasteiger partial charge on any atom is -0.294 e. The number of Topliss-reactive ketones (excluding diaryl/α,β-unsaturated/α-hetero) is 1. The Bertz CT molecular complexity index is 1210. The molecule has 1 aromatic heterocycles. The van der Waals surface area contributed by atoms with E-state index in [0.29, 0.717) is 19.5 Å². The monoisotopic (exact) mass is 447 g/mol. The van der Waals surface area contributed by atoms with Crippen LogP contribution in [0.2, 0.25) is 0 Å². The molecule has 1 saturated heterocycles. The second-order valence-corrected chi connectivity index (χ2v) is 8.91. The van der Waals surface area contributed by atoms with Gasteiger partial charge in [0.2, 0.25) is 0 Å². The van der Waals surface area contributed by atoms with Crippen molar-refractivity contribution in [2.75, 3.05) is 13.1 Å². The van der Waals surface area contributed by atoms with Gasteiger partial charge in [-0.05, 0) is 35.8 Å². The van der Waals surface area contributed by atoms with Crippen molar-refractivity contribution in [1.29, 1.82) is 0 Å². The quantitative estimate of drug-likeness (QED) is 0.305. The van der Waals surface area contributed by atoms with E-state index in [1.807, 2.05) is 30.8 Å². The smallest absolute Gasteiger partial charge is 0.161 e. The van der Waals surface area contributed by atoms with Gasteiger partial charge in [0.25, 0.3) is 0 Å². The Kier molecular flexibility index (Phi) is 5.99. The summed E-state index contributed by atoms with van der Waals surface area (Å²) in [6.07, 6.45) is 2.50. The number of likely N-dealkylation sites (tertiary alicyclic amines) is 1. The highest BCUT2D eigenvalue weighted by atomic mass is 16.1. The molecule has 0 atom stereocenters. The summed E-state index contributed by atoms with van der Waals surface area (Å²) in [5, 5.41) is 4.46. The summed E-state index contributed by atoms with van der Waals surface area (Å²) in [5.41, 5.74) is 5.77. The van der Waals surface area contributed by atoms with Crippen molar-refractivity contribution >= 4 is 11.9 Å². The van der Waals surface area contributed by atoms with E-state index in [9.17, 15) is 4.79 Å². The van der Waals surface area contributed by atoms with Crippen LogP contribution in [0, 0.1) is 6.92 Å². The SMILES string of the molecule is Cc1cc(/C=C2\CN(C(c3ccccc3)(c3ccccc3)c3ccccc3)CCC2=O)n(C)n1. The first-order chi connectivity index (χ1) is 16.6. The van der Waals surface area contributed by atoms with E-state index >= 15 is 0 Å². The van der Waals surface area contributed by atoms with Gasteiger partial charge >= 0.3 is 0 Å². The highest BCUT2D eigenvalue weighted by molar-refractivity contribution is 6.00. The van der Waals surface area contributed by atoms with Crippen LogP contribution in [0.5, 0.6) is 0 Å². The maximum atomic E-state index is 13.1. The van der Waals surface area contributed by atoms with Gasteiger partial charge in [-0.1, -0.05) is 91.0 Å². The van der Waals surface area contributed by atoms with Crippen molar-refractivity contribution in [3.8, 4) is 0 Å². The highest BCUT2D eigenvalue weighted by Gasteiger charge is 2.44. The molecule has 0 amide bonds. The largest absolute Gasteiger partial charge is 0.294 e. The first kappa shape index (κ1) is 22.1. The molecule has 0 aliphatic carbocycles. The van der Waals surface area contributed by atoms with Crippen LogP contribution in [0.4, 0.5) is 0 Å². The molecular weight excluding hydrogens is 418 g/mol. The Morgan fingerprint density at radius 3 is 1.76 bits per heavy atom. The average molecular weight is 448 g/mol. The van der Waals surface area contributed by atoms with E-state index in [-0.39, 0.29) is 5.78 Å². The molecule has 1 fully saturated rings. The lowest BCUT2D eigenvalue weighted by molar-refractivity contribution is -0.117. The molecule has 4 aromatic rings. The van der Waals surface area contributed by atoms with E-state index in [1.165, 1.54) is 16.7 Å². The third-order valence-electron chi connectivity index (χ3n) is 6.74. The molecule has 3 aromatic carbocycles. The third-order valence-corrected chi connectivity index (χ3v) is 6.74. The van der Waals surface area contributed by atoms with Gasteiger partial charge in [-0.15, -0.1) is 0 Å². The van der Waals surface area contributed by atoms with E-state index < -0.39 is 5.54 Å². The fourth-order valence-electron chi connectivity index (χ4n) is 5.21. The number of nitrogens with zero attached hydrogens (tertiary/aromatic N) is 3. The Morgan fingerprint density at radius 1 is 0.824 bits per heavy atom. The summed E-state index contributed by atoms with van der Waals surface area (Å²) in [7, 11) is 1.92. The van der Waals surface area contributed by atoms with Gasteiger partial charge in [0, 0.05) is 32.1 Å². The van der Waals surface area contributed by atoms with Crippen LogP contribution in [0.1, 0.15) is 34.5 Å². The number of aromatic nitrogens is 2. The van der Waals surface area contributed by atoms with E-state index in [1.54, 1.807) is 0 Å². The molecule has 4 heteroatoms. The van der Waals surface area contributed by atoms with E-state index in [2.05, 4.69) is 101 Å². The molecule has 1 aliphatic heterocycles. The lowest BCUT2D eigenvalue weighted by Gasteiger charge is -2.47. The molecule has 0 spiro atoms. The summed E-state index contributed by atoms with van der Waals surface area (Å²) in [6, 6.07) is 34.0. The Hall–Kier alpha value is -3.76. The topological polar surface area (TPSA) is 38.1 Å². The summed E-state index contributed by atoms with van der Waals surface area (Å²) >= 11 is 0. The van der Waals surface area contributed by atoms with Crippen LogP contribution < -0.4 is 0 Å². The molecule has 4 nitrogen and oxygen atoms in total. The molecule has 0 bridgehead atoms. The van der Waals surface area contributed by atoms with Crippen molar-refractivity contribution in [2.45, 2.75) is 18.9 Å². The minimum atomic E-state index is -0.522. The second-order valence-electron chi connectivity index (χ2n) is 8.91. The molecule has 0 N–H and O–H groups in total. The predicted molar refractivity (Wildman–Crippen MR) is 136 cm³/mol. The van der Waals surface area contributed by atoms with E-state index in [4.69, 9.17) is 0 Å². The normalized spacial score (nSPS) is 16.2. The standard InChI is InChI=1S/C30H29N3O/c1-23-20-28(32(2)31-23)21-24-22-33(19-18-29(24)34)30(25-12-6-3-7-13-25,26-14-8-4-9-15-26)27-16-10-5-11-17-27/h3-17,20-21H,18-19,22H2,1-2H3/b24-21+. The Balaban J connectivity index is 1.71. The number of aryl methyl sites for hydroxylation is 2. The highest BCUT2D eigenvalue weighted by Crippen LogP contribution is 2.43. The van der Waals surface area contributed by atoms with Crippen LogP contribution in [-0.2, 0) is 17.4 Å².